The highest BCUT2D eigenvalue weighted by atomic mass is 31.0. The third-order valence-electron chi connectivity index (χ3n) is 2.02. The van der Waals surface area contributed by atoms with E-state index in [0.717, 1.165) is 5.65 Å². The Hall–Kier alpha value is -1.26. The van der Waals surface area contributed by atoms with Gasteiger partial charge in [-0.3, -0.25) is 0 Å². The monoisotopic (exact) mass is 225 g/mol. The van der Waals surface area contributed by atoms with E-state index in [0.29, 0.717) is 30.8 Å². The Morgan fingerprint density at radius 3 is 3.07 bits per heavy atom. The van der Waals surface area contributed by atoms with Gasteiger partial charge in [0.2, 0.25) is 0 Å². The number of hydrogen-bond donors (Lipinski definition) is 1. The second-order valence-electron chi connectivity index (χ2n) is 2.94. The van der Waals surface area contributed by atoms with E-state index in [9.17, 15) is 0 Å². The van der Waals surface area contributed by atoms with Crippen LogP contribution in [0.2, 0.25) is 0 Å². The molecule has 0 saturated carbocycles. The highest BCUT2D eigenvalue weighted by Crippen LogP contribution is 2.13. The molecule has 0 aromatic carbocycles. The van der Waals surface area contributed by atoms with E-state index in [1.165, 1.54) is 6.33 Å². The molecule has 0 spiro atoms. The van der Waals surface area contributed by atoms with Crippen LogP contribution in [0.15, 0.2) is 12.7 Å². The van der Waals surface area contributed by atoms with Crippen LogP contribution >= 0.6 is 9.24 Å². The van der Waals surface area contributed by atoms with Crippen LogP contribution in [-0.4, -0.2) is 32.5 Å². The van der Waals surface area contributed by atoms with E-state index in [1.54, 1.807) is 6.33 Å². The molecule has 80 valence electrons. The van der Waals surface area contributed by atoms with E-state index < -0.39 is 0 Å². The maximum absolute atomic E-state index is 5.66. The minimum absolute atomic E-state index is 0.408. The quantitative estimate of drug-likeness (QED) is 0.596. The molecule has 6 nitrogen and oxygen atoms in total. The normalized spacial score (nSPS) is 11.0. The zero-order chi connectivity index (χ0) is 10.7. The van der Waals surface area contributed by atoms with Gasteiger partial charge in [-0.1, -0.05) is 0 Å². The molecule has 0 saturated heterocycles. The van der Waals surface area contributed by atoms with Crippen molar-refractivity contribution in [2.75, 3.05) is 18.7 Å². The molecule has 0 aliphatic carbocycles. The molecule has 0 aliphatic heterocycles. The molecule has 7 heteroatoms. The zero-order valence-electron chi connectivity index (χ0n) is 8.13. The van der Waals surface area contributed by atoms with E-state index in [-0.39, 0.29) is 0 Å². The van der Waals surface area contributed by atoms with E-state index in [1.807, 2.05) is 4.57 Å². The summed E-state index contributed by atoms with van der Waals surface area (Å²) in [6, 6.07) is 0. The molecule has 0 amide bonds. The van der Waals surface area contributed by atoms with Gasteiger partial charge in [-0.2, -0.15) is 0 Å². The Morgan fingerprint density at radius 1 is 1.40 bits per heavy atom. The van der Waals surface area contributed by atoms with Crippen LogP contribution < -0.4 is 5.73 Å². The largest absolute Gasteiger partial charge is 0.382 e. The van der Waals surface area contributed by atoms with Crippen LogP contribution in [-0.2, 0) is 11.3 Å². The highest BCUT2D eigenvalue weighted by Gasteiger charge is 2.06. The van der Waals surface area contributed by atoms with Gasteiger partial charge in [-0.05, 0) is 0 Å². The Labute approximate surface area is 89.1 Å². The number of nitrogens with zero attached hydrogens (tertiary/aromatic N) is 4. The van der Waals surface area contributed by atoms with Crippen LogP contribution in [0.5, 0.6) is 0 Å². The molecule has 2 N–H and O–H groups in total. The SMILES string of the molecule is Nc1ncnc2c1ncn2CCOCP. The van der Waals surface area contributed by atoms with Crippen LogP contribution in [0.3, 0.4) is 0 Å². The van der Waals surface area contributed by atoms with E-state index in [4.69, 9.17) is 10.5 Å². The Bertz CT molecular complexity index is 457. The van der Waals surface area contributed by atoms with Gasteiger partial charge in [0.15, 0.2) is 11.5 Å². The third kappa shape index (κ3) is 2.06. The Kier molecular flexibility index (Phi) is 3.08. The van der Waals surface area contributed by atoms with Crippen LogP contribution in [0.4, 0.5) is 5.82 Å². The summed E-state index contributed by atoms with van der Waals surface area (Å²) in [5, 5.41) is 0. The lowest BCUT2D eigenvalue weighted by atomic mass is 10.5. The van der Waals surface area contributed by atoms with Gasteiger partial charge in [0.25, 0.3) is 0 Å². The van der Waals surface area contributed by atoms with Crippen LogP contribution in [0, 0.1) is 0 Å². The highest BCUT2D eigenvalue weighted by molar-refractivity contribution is 7.16. The summed E-state index contributed by atoms with van der Waals surface area (Å²) < 4.78 is 7.12. The van der Waals surface area contributed by atoms with Gasteiger partial charge in [-0.15, -0.1) is 9.24 Å². The Balaban J connectivity index is 2.25. The maximum Gasteiger partial charge on any atom is 0.165 e. The van der Waals surface area contributed by atoms with Gasteiger partial charge in [-0.25, -0.2) is 15.0 Å². The van der Waals surface area contributed by atoms with Crippen molar-refractivity contribution in [2.45, 2.75) is 6.54 Å². The van der Waals surface area contributed by atoms with Crippen molar-refractivity contribution in [1.82, 2.24) is 19.5 Å². The molecule has 0 aliphatic rings. The number of aromatic nitrogens is 4. The molecule has 15 heavy (non-hydrogen) atoms. The van der Waals surface area contributed by atoms with Crippen molar-refractivity contribution < 1.29 is 4.74 Å². The van der Waals surface area contributed by atoms with Crippen molar-refractivity contribution >= 4 is 26.2 Å². The summed E-state index contributed by atoms with van der Waals surface area (Å²) in [5.41, 5.74) is 7.05. The maximum atomic E-state index is 5.66. The molecule has 0 radical (unpaired) electrons. The summed E-state index contributed by atoms with van der Waals surface area (Å²) in [4.78, 5) is 12.2. The number of rotatable bonds is 4. The van der Waals surface area contributed by atoms with Gasteiger partial charge in [0.05, 0.1) is 19.3 Å². The van der Waals surface area contributed by atoms with Gasteiger partial charge in [0, 0.05) is 6.54 Å². The molecule has 2 aromatic rings. The van der Waals surface area contributed by atoms with E-state index in [2.05, 4.69) is 24.2 Å². The van der Waals surface area contributed by atoms with Crippen LogP contribution in [0.25, 0.3) is 11.2 Å². The standard InChI is InChI=1S/C8H12N5OP/c9-7-6-8(11-3-10-7)13(4-12-6)1-2-14-5-15/h3-4H,1-2,5,15H2,(H2,9,10,11). The van der Waals surface area contributed by atoms with Crippen LogP contribution in [0.1, 0.15) is 0 Å². The number of anilines is 1. The molecule has 2 rings (SSSR count). The predicted octanol–water partition coefficient (Wildman–Crippen LogP) is 0.258. The third-order valence-corrected chi connectivity index (χ3v) is 2.26. The summed E-state index contributed by atoms with van der Waals surface area (Å²) in [6.07, 6.45) is 3.76. The average Bonchev–Trinajstić information content (AvgIpc) is 2.64. The number of fused-ring (bicyclic) bond motifs is 1. The molecule has 1 unspecified atom stereocenters. The lowest BCUT2D eigenvalue weighted by Crippen LogP contribution is -2.05. The molecule has 2 heterocycles. The van der Waals surface area contributed by atoms with Crippen molar-refractivity contribution in [2.24, 2.45) is 0 Å². The minimum Gasteiger partial charge on any atom is -0.382 e. The van der Waals surface area contributed by atoms with Gasteiger partial charge < -0.3 is 15.0 Å². The average molecular weight is 225 g/mol. The smallest absolute Gasteiger partial charge is 0.165 e. The molecule has 1 atom stereocenters. The molecular weight excluding hydrogens is 213 g/mol. The van der Waals surface area contributed by atoms with Crippen molar-refractivity contribution in [3.8, 4) is 0 Å². The lowest BCUT2D eigenvalue weighted by molar-refractivity contribution is 0.173. The van der Waals surface area contributed by atoms with Gasteiger partial charge >= 0.3 is 0 Å². The predicted molar refractivity (Wildman–Crippen MR) is 60.3 cm³/mol. The number of ether oxygens (including phenoxy) is 1. The fraction of sp³-hybridized carbons (Fsp3) is 0.375. The van der Waals surface area contributed by atoms with Gasteiger partial charge in [0.1, 0.15) is 11.8 Å². The molecule has 0 bridgehead atoms. The number of nitrogen functional groups attached to an aromatic ring is 1. The first-order valence-electron chi connectivity index (χ1n) is 4.52. The zero-order valence-corrected chi connectivity index (χ0v) is 9.28. The number of nitrogens with two attached hydrogens (primary N) is 1. The fourth-order valence-electron chi connectivity index (χ4n) is 1.31. The second kappa shape index (κ2) is 4.51. The Morgan fingerprint density at radius 2 is 2.27 bits per heavy atom. The number of hydrogen-bond acceptors (Lipinski definition) is 5. The summed E-state index contributed by atoms with van der Waals surface area (Å²) in [6.45, 7) is 1.33. The summed E-state index contributed by atoms with van der Waals surface area (Å²) >= 11 is 0. The fourth-order valence-corrected chi connectivity index (χ4v) is 1.48. The van der Waals surface area contributed by atoms with E-state index >= 15 is 0 Å². The molecule has 2 aromatic heterocycles. The van der Waals surface area contributed by atoms with Crippen molar-refractivity contribution in [1.29, 1.82) is 0 Å². The first-order chi connectivity index (χ1) is 7.33. The molecule has 0 fully saturated rings. The topological polar surface area (TPSA) is 78.9 Å². The number of imidazole rings is 1. The summed E-state index contributed by atoms with van der Waals surface area (Å²) in [5.74, 6) is 0.408. The lowest BCUT2D eigenvalue weighted by Gasteiger charge is -2.03. The first kappa shape index (κ1) is 10.3. The summed E-state index contributed by atoms with van der Waals surface area (Å²) in [7, 11) is 2.51. The van der Waals surface area contributed by atoms with Crippen molar-refractivity contribution in [3.63, 3.8) is 0 Å². The molecular formula is C8H12N5OP. The minimum atomic E-state index is 0.408. The first-order valence-corrected chi connectivity index (χ1v) is 5.33. The second-order valence-corrected chi connectivity index (χ2v) is 3.28. The van der Waals surface area contributed by atoms with Crippen molar-refractivity contribution in [3.05, 3.63) is 12.7 Å².